The number of para-hydroxylation sites is 1. The van der Waals surface area contributed by atoms with Crippen molar-refractivity contribution in [3.63, 3.8) is 0 Å². The Balaban J connectivity index is 1.51. The van der Waals surface area contributed by atoms with Gasteiger partial charge in [-0.05, 0) is 89.0 Å². The van der Waals surface area contributed by atoms with E-state index in [1.165, 1.54) is 0 Å². The lowest BCUT2D eigenvalue weighted by atomic mass is 10.3. The third-order valence-corrected chi connectivity index (χ3v) is 6.44. The standard InChI is InChI=1S/C22H15ClIN3O3S/c23-17-5-1-2-6-18(17)25-20(28)13-27-21(29)19(31-22(27)30)12-16-4-3-11-26(16)15-9-7-14(24)8-10-15/h1-12H,13H2,(H,25,28)/b19-12+. The molecule has 0 radical (unpaired) electrons. The van der Waals surface area contributed by atoms with Crippen molar-refractivity contribution in [2.75, 3.05) is 11.9 Å². The number of nitrogens with one attached hydrogen (secondary N) is 1. The second-order valence-electron chi connectivity index (χ2n) is 6.58. The van der Waals surface area contributed by atoms with Crippen molar-refractivity contribution in [3.05, 3.63) is 86.1 Å². The van der Waals surface area contributed by atoms with Gasteiger partial charge >= 0.3 is 0 Å². The van der Waals surface area contributed by atoms with Crippen LogP contribution in [0.25, 0.3) is 11.8 Å². The van der Waals surface area contributed by atoms with Crippen molar-refractivity contribution >= 4 is 74.8 Å². The van der Waals surface area contributed by atoms with Crippen LogP contribution in [-0.4, -0.2) is 33.1 Å². The molecule has 1 aromatic heterocycles. The van der Waals surface area contributed by atoms with E-state index in [1.54, 1.807) is 30.3 Å². The van der Waals surface area contributed by atoms with Gasteiger partial charge in [0.2, 0.25) is 5.91 Å². The number of rotatable bonds is 5. The van der Waals surface area contributed by atoms with Crippen LogP contribution in [0, 0.1) is 3.57 Å². The zero-order chi connectivity index (χ0) is 22.0. The van der Waals surface area contributed by atoms with E-state index in [4.69, 9.17) is 11.6 Å². The highest BCUT2D eigenvalue weighted by Gasteiger charge is 2.36. The fourth-order valence-electron chi connectivity index (χ4n) is 3.02. The van der Waals surface area contributed by atoms with E-state index in [0.717, 1.165) is 31.6 Å². The van der Waals surface area contributed by atoms with Crippen LogP contribution in [0.1, 0.15) is 5.69 Å². The van der Waals surface area contributed by atoms with Gasteiger partial charge in [0.25, 0.3) is 11.1 Å². The molecule has 31 heavy (non-hydrogen) atoms. The van der Waals surface area contributed by atoms with Gasteiger partial charge in [-0.2, -0.15) is 0 Å². The van der Waals surface area contributed by atoms with Gasteiger partial charge in [-0.25, -0.2) is 0 Å². The molecule has 4 rings (SSSR count). The molecule has 6 nitrogen and oxygen atoms in total. The Kier molecular flexibility index (Phi) is 6.49. The number of hydrogen-bond donors (Lipinski definition) is 1. The van der Waals surface area contributed by atoms with Gasteiger partial charge in [-0.3, -0.25) is 19.3 Å². The van der Waals surface area contributed by atoms with E-state index in [9.17, 15) is 14.4 Å². The molecule has 3 aromatic rings. The lowest BCUT2D eigenvalue weighted by molar-refractivity contribution is -0.127. The number of aromatic nitrogens is 1. The summed E-state index contributed by atoms with van der Waals surface area (Å²) in [5.74, 6) is -1.00. The maximum Gasteiger partial charge on any atom is 0.294 e. The Morgan fingerprint density at radius 3 is 2.55 bits per heavy atom. The number of carbonyl (C=O) groups excluding carboxylic acids is 3. The summed E-state index contributed by atoms with van der Waals surface area (Å²) in [6.07, 6.45) is 3.55. The first-order valence-electron chi connectivity index (χ1n) is 9.15. The predicted octanol–water partition coefficient (Wildman–Crippen LogP) is 5.41. The summed E-state index contributed by atoms with van der Waals surface area (Å²) < 4.78 is 3.04. The summed E-state index contributed by atoms with van der Waals surface area (Å²) in [4.78, 5) is 38.7. The van der Waals surface area contributed by atoms with Crippen LogP contribution >= 0.6 is 46.0 Å². The molecule has 0 bridgehead atoms. The molecule has 1 aliphatic heterocycles. The Hall–Kier alpha value is -2.56. The molecule has 9 heteroatoms. The zero-order valence-electron chi connectivity index (χ0n) is 15.9. The third kappa shape index (κ3) is 4.86. The number of anilines is 1. The molecule has 2 aromatic carbocycles. The number of imide groups is 1. The summed E-state index contributed by atoms with van der Waals surface area (Å²) in [5.41, 5.74) is 2.12. The zero-order valence-corrected chi connectivity index (χ0v) is 19.6. The van der Waals surface area contributed by atoms with Crippen molar-refractivity contribution < 1.29 is 14.4 Å². The molecule has 1 fully saturated rings. The first-order chi connectivity index (χ1) is 14.9. The summed E-state index contributed by atoms with van der Waals surface area (Å²) in [7, 11) is 0. The van der Waals surface area contributed by atoms with E-state index in [0.29, 0.717) is 10.7 Å². The van der Waals surface area contributed by atoms with Crippen LogP contribution in [0.4, 0.5) is 10.5 Å². The second-order valence-corrected chi connectivity index (χ2v) is 9.22. The van der Waals surface area contributed by atoms with Gasteiger partial charge in [0.05, 0.1) is 15.6 Å². The van der Waals surface area contributed by atoms with Gasteiger partial charge in [-0.1, -0.05) is 23.7 Å². The van der Waals surface area contributed by atoms with Crippen LogP contribution in [0.5, 0.6) is 0 Å². The smallest absolute Gasteiger partial charge is 0.294 e. The molecule has 1 saturated heterocycles. The fraction of sp³-hybridized carbons (Fsp3) is 0.0455. The monoisotopic (exact) mass is 563 g/mol. The molecule has 0 aliphatic carbocycles. The molecule has 0 unspecified atom stereocenters. The maximum absolute atomic E-state index is 12.8. The van der Waals surface area contributed by atoms with E-state index in [2.05, 4.69) is 27.9 Å². The average Bonchev–Trinajstić information content (AvgIpc) is 3.30. The Morgan fingerprint density at radius 2 is 1.81 bits per heavy atom. The maximum atomic E-state index is 12.8. The fourth-order valence-corrected chi connectivity index (χ4v) is 4.38. The SMILES string of the molecule is O=C(CN1C(=O)S/C(=C/c2cccn2-c2ccc(I)cc2)C1=O)Nc1ccccc1Cl. The Bertz CT molecular complexity index is 1210. The normalized spacial score (nSPS) is 15.0. The van der Waals surface area contributed by atoms with Crippen LogP contribution in [0.2, 0.25) is 5.02 Å². The van der Waals surface area contributed by atoms with E-state index in [-0.39, 0.29) is 11.4 Å². The molecule has 156 valence electrons. The van der Waals surface area contributed by atoms with Crippen LogP contribution < -0.4 is 5.32 Å². The lowest BCUT2D eigenvalue weighted by Crippen LogP contribution is -2.36. The predicted molar refractivity (Wildman–Crippen MR) is 131 cm³/mol. The van der Waals surface area contributed by atoms with Crippen LogP contribution in [0.15, 0.2) is 71.8 Å². The molecule has 2 heterocycles. The molecule has 0 saturated carbocycles. The van der Waals surface area contributed by atoms with Crippen molar-refractivity contribution in [3.8, 4) is 5.69 Å². The van der Waals surface area contributed by atoms with E-state index >= 15 is 0 Å². The van der Waals surface area contributed by atoms with Crippen molar-refractivity contribution in [1.82, 2.24) is 9.47 Å². The third-order valence-electron chi connectivity index (χ3n) is 4.49. The number of halogens is 2. The average molecular weight is 564 g/mol. The number of amides is 3. The Morgan fingerprint density at radius 1 is 1.06 bits per heavy atom. The molecular formula is C22H15ClIN3O3S. The molecule has 0 atom stereocenters. The van der Waals surface area contributed by atoms with Gasteiger partial charge in [0.1, 0.15) is 6.54 Å². The quantitative estimate of drug-likeness (QED) is 0.333. The molecule has 1 N–H and O–H groups in total. The minimum Gasteiger partial charge on any atom is -0.323 e. The minimum absolute atomic E-state index is 0.265. The lowest BCUT2D eigenvalue weighted by Gasteiger charge is -2.13. The molecule has 3 amide bonds. The van der Waals surface area contributed by atoms with Crippen LogP contribution in [-0.2, 0) is 9.59 Å². The second kappa shape index (κ2) is 9.29. The summed E-state index contributed by atoms with van der Waals surface area (Å²) in [6.45, 7) is -0.384. The summed E-state index contributed by atoms with van der Waals surface area (Å²) in [5, 5.41) is 2.51. The van der Waals surface area contributed by atoms with Gasteiger partial charge in [-0.15, -0.1) is 0 Å². The summed E-state index contributed by atoms with van der Waals surface area (Å²) >= 11 is 9.09. The molecular weight excluding hydrogens is 549 g/mol. The largest absolute Gasteiger partial charge is 0.323 e. The molecule has 1 aliphatic rings. The van der Waals surface area contributed by atoms with Gasteiger partial charge < -0.3 is 9.88 Å². The highest BCUT2D eigenvalue weighted by molar-refractivity contribution is 14.1. The summed E-state index contributed by atoms with van der Waals surface area (Å²) in [6, 6.07) is 18.4. The first kappa shape index (κ1) is 21.7. The number of nitrogens with zero attached hydrogens (tertiary/aromatic N) is 2. The number of benzene rings is 2. The van der Waals surface area contributed by atoms with Crippen molar-refractivity contribution in [2.24, 2.45) is 0 Å². The number of hydrogen-bond acceptors (Lipinski definition) is 4. The topological polar surface area (TPSA) is 71.4 Å². The minimum atomic E-state index is -0.501. The number of carbonyl (C=O) groups is 3. The highest BCUT2D eigenvalue weighted by atomic mass is 127. The van der Waals surface area contributed by atoms with Gasteiger partial charge in [0.15, 0.2) is 0 Å². The Labute approximate surface area is 201 Å². The van der Waals surface area contributed by atoms with Crippen molar-refractivity contribution in [1.29, 1.82) is 0 Å². The van der Waals surface area contributed by atoms with Gasteiger partial charge in [0, 0.05) is 21.1 Å². The van der Waals surface area contributed by atoms with Crippen LogP contribution in [0.3, 0.4) is 0 Å². The highest BCUT2D eigenvalue weighted by Crippen LogP contribution is 2.32. The van der Waals surface area contributed by atoms with Crippen molar-refractivity contribution in [2.45, 2.75) is 0 Å². The molecule has 0 spiro atoms. The number of thioether (sulfide) groups is 1. The van der Waals surface area contributed by atoms with E-state index in [1.807, 2.05) is 47.2 Å². The first-order valence-corrected chi connectivity index (χ1v) is 11.4. The van der Waals surface area contributed by atoms with E-state index < -0.39 is 17.1 Å².